The number of ether oxygens (including phenoxy) is 10. The summed E-state index contributed by atoms with van der Waals surface area (Å²) in [4.78, 5) is 0. The minimum Gasteiger partial charge on any atom is -0.388 e. The molecule has 0 aliphatic carbocycles. The van der Waals surface area contributed by atoms with Crippen molar-refractivity contribution in [3.8, 4) is 0 Å². The van der Waals surface area contributed by atoms with E-state index >= 15 is 0 Å². The van der Waals surface area contributed by atoms with E-state index in [0.29, 0.717) is 106 Å². The van der Waals surface area contributed by atoms with E-state index in [1.165, 1.54) is 51.4 Å². The van der Waals surface area contributed by atoms with Crippen LogP contribution in [0.3, 0.4) is 0 Å². The molecule has 11 heteroatoms. The fourth-order valence-electron chi connectivity index (χ4n) is 3.86. The quantitative estimate of drug-likeness (QED) is 0.0959. The summed E-state index contributed by atoms with van der Waals surface area (Å²) in [6, 6.07) is 0. The molecule has 0 aromatic rings. The van der Waals surface area contributed by atoms with Crippen molar-refractivity contribution in [1.82, 2.24) is 0 Å². The number of rotatable bonds is 40. The standard InChI is InChI=1S/C33H68O11/c1-3-5-7-9-11-13-35-15-17-37-19-21-39-23-25-41-27-29-43-31-33(34)32-44-30-28-42-26-24-40-22-20-38-18-16-36-14-12-10-8-6-4-2/h33-34H,3-32H2,1-2H3. The Morgan fingerprint density at radius 1 is 0.295 bits per heavy atom. The summed E-state index contributed by atoms with van der Waals surface area (Å²) in [5, 5.41) is 9.93. The molecule has 0 aliphatic rings. The van der Waals surface area contributed by atoms with Crippen molar-refractivity contribution in [1.29, 1.82) is 0 Å². The number of hydrogen-bond acceptors (Lipinski definition) is 11. The molecular formula is C33H68O11. The Morgan fingerprint density at radius 2 is 0.523 bits per heavy atom. The second-order valence-electron chi connectivity index (χ2n) is 10.5. The third-order valence-corrected chi connectivity index (χ3v) is 6.38. The summed E-state index contributed by atoms with van der Waals surface area (Å²) in [6.45, 7) is 14.8. The van der Waals surface area contributed by atoms with Gasteiger partial charge in [0, 0.05) is 13.2 Å². The Bertz CT molecular complexity index is 460. The third kappa shape index (κ3) is 39.6. The summed E-state index contributed by atoms with van der Waals surface area (Å²) >= 11 is 0. The lowest BCUT2D eigenvalue weighted by Gasteiger charge is -2.12. The minimum atomic E-state index is -0.686. The Balaban J connectivity index is 3.13. The monoisotopic (exact) mass is 640 g/mol. The lowest BCUT2D eigenvalue weighted by molar-refractivity contribution is -0.0494. The number of hydrogen-bond donors (Lipinski definition) is 1. The van der Waals surface area contributed by atoms with Gasteiger partial charge in [0.2, 0.25) is 0 Å². The van der Waals surface area contributed by atoms with Gasteiger partial charge < -0.3 is 52.5 Å². The van der Waals surface area contributed by atoms with E-state index in [4.69, 9.17) is 47.4 Å². The largest absolute Gasteiger partial charge is 0.388 e. The maximum Gasteiger partial charge on any atom is 0.101 e. The zero-order valence-corrected chi connectivity index (χ0v) is 28.3. The van der Waals surface area contributed by atoms with E-state index in [1.807, 2.05) is 0 Å². The summed E-state index contributed by atoms with van der Waals surface area (Å²) in [5.74, 6) is 0. The number of aliphatic hydroxyl groups excluding tert-OH is 1. The Hall–Kier alpha value is -0.440. The van der Waals surface area contributed by atoms with Crippen LogP contribution in [0.1, 0.15) is 78.1 Å². The van der Waals surface area contributed by atoms with Crippen LogP contribution in [0.4, 0.5) is 0 Å². The first-order valence-corrected chi connectivity index (χ1v) is 17.3. The van der Waals surface area contributed by atoms with Gasteiger partial charge in [-0.3, -0.25) is 0 Å². The first-order valence-electron chi connectivity index (χ1n) is 17.3. The fourth-order valence-corrected chi connectivity index (χ4v) is 3.86. The highest BCUT2D eigenvalue weighted by Crippen LogP contribution is 2.03. The molecule has 0 heterocycles. The van der Waals surface area contributed by atoms with E-state index < -0.39 is 6.10 Å². The van der Waals surface area contributed by atoms with Crippen LogP contribution in [-0.4, -0.2) is 143 Å². The van der Waals surface area contributed by atoms with Gasteiger partial charge in [-0.15, -0.1) is 0 Å². The summed E-state index contributed by atoms with van der Waals surface area (Å²) in [5.41, 5.74) is 0. The lowest BCUT2D eigenvalue weighted by atomic mass is 10.2. The molecule has 44 heavy (non-hydrogen) atoms. The van der Waals surface area contributed by atoms with Gasteiger partial charge in [0.05, 0.1) is 119 Å². The predicted octanol–water partition coefficient (Wildman–Crippen LogP) is 4.45. The Morgan fingerprint density at radius 3 is 0.795 bits per heavy atom. The van der Waals surface area contributed by atoms with Crippen LogP contribution in [-0.2, 0) is 47.4 Å². The average molecular weight is 641 g/mol. The normalized spacial score (nSPS) is 11.7. The molecule has 1 N–H and O–H groups in total. The van der Waals surface area contributed by atoms with Gasteiger partial charge in [0.15, 0.2) is 0 Å². The van der Waals surface area contributed by atoms with Crippen molar-refractivity contribution >= 4 is 0 Å². The highest BCUT2D eigenvalue weighted by Gasteiger charge is 2.04. The molecule has 0 atom stereocenters. The molecule has 0 bridgehead atoms. The summed E-state index contributed by atoms with van der Waals surface area (Å²) < 4.78 is 54.8. The van der Waals surface area contributed by atoms with Crippen LogP contribution < -0.4 is 0 Å². The van der Waals surface area contributed by atoms with Gasteiger partial charge in [0.25, 0.3) is 0 Å². The molecule has 0 unspecified atom stereocenters. The zero-order valence-electron chi connectivity index (χ0n) is 28.3. The van der Waals surface area contributed by atoms with Crippen LogP contribution in [0.2, 0.25) is 0 Å². The predicted molar refractivity (Wildman–Crippen MR) is 172 cm³/mol. The second kappa shape index (κ2) is 40.6. The highest BCUT2D eigenvalue weighted by atomic mass is 16.6. The van der Waals surface area contributed by atoms with E-state index in [1.54, 1.807) is 0 Å². The van der Waals surface area contributed by atoms with Crippen molar-refractivity contribution in [2.45, 2.75) is 84.2 Å². The molecule has 0 aromatic carbocycles. The van der Waals surface area contributed by atoms with E-state index in [2.05, 4.69) is 13.8 Å². The van der Waals surface area contributed by atoms with Crippen molar-refractivity contribution < 1.29 is 52.5 Å². The second-order valence-corrected chi connectivity index (χ2v) is 10.5. The molecule has 0 saturated heterocycles. The van der Waals surface area contributed by atoms with Gasteiger partial charge in [-0.25, -0.2) is 0 Å². The molecule has 0 spiro atoms. The maximum atomic E-state index is 9.93. The number of aliphatic hydroxyl groups is 1. The molecule has 0 fully saturated rings. The minimum absolute atomic E-state index is 0.196. The van der Waals surface area contributed by atoms with Gasteiger partial charge in [-0.2, -0.15) is 0 Å². The zero-order chi connectivity index (χ0) is 31.9. The topological polar surface area (TPSA) is 113 Å². The van der Waals surface area contributed by atoms with Crippen molar-refractivity contribution in [3.63, 3.8) is 0 Å². The molecule has 0 saturated carbocycles. The average Bonchev–Trinajstić information content (AvgIpc) is 3.03. The molecule has 0 rings (SSSR count). The molecule has 0 radical (unpaired) electrons. The van der Waals surface area contributed by atoms with Crippen LogP contribution in [0.5, 0.6) is 0 Å². The van der Waals surface area contributed by atoms with Gasteiger partial charge in [0.1, 0.15) is 6.10 Å². The Kier molecular flexibility index (Phi) is 40.2. The third-order valence-electron chi connectivity index (χ3n) is 6.38. The summed E-state index contributed by atoms with van der Waals surface area (Å²) in [6.07, 6.45) is 11.8. The van der Waals surface area contributed by atoms with Crippen LogP contribution in [0.25, 0.3) is 0 Å². The first kappa shape index (κ1) is 43.6. The van der Waals surface area contributed by atoms with Crippen molar-refractivity contribution in [2.24, 2.45) is 0 Å². The molecular weight excluding hydrogens is 572 g/mol. The first-order chi connectivity index (χ1) is 21.8. The van der Waals surface area contributed by atoms with Crippen LogP contribution in [0, 0.1) is 0 Å². The van der Waals surface area contributed by atoms with Crippen LogP contribution >= 0.6 is 0 Å². The van der Waals surface area contributed by atoms with Gasteiger partial charge in [-0.1, -0.05) is 65.2 Å². The summed E-state index contributed by atoms with van der Waals surface area (Å²) in [7, 11) is 0. The van der Waals surface area contributed by atoms with Gasteiger partial charge in [-0.05, 0) is 12.8 Å². The smallest absolute Gasteiger partial charge is 0.101 e. The number of unbranched alkanes of at least 4 members (excludes halogenated alkanes) is 8. The molecule has 0 aliphatic heterocycles. The van der Waals surface area contributed by atoms with Crippen molar-refractivity contribution in [3.05, 3.63) is 0 Å². The maximum absolute atomic E-state index is 9.93. The van der Waals surface area contributed by atoms with Crippen molar-refractivity contribution in [2.75, 3.05) is 132 Å². The molecule has 0 amide bonds. The Labute approximate surface area is 268 Å². The highest BCUT2D eigenvalue weighted by molar-refractivity contribution is 4.51. The lowest BCUT2D eigenvalue weighted by Crippen LogP contribution is -2.24. The SMILES string of the molecule is CCCCCCCOCCOCCOCCOCCOCC(O)COCCOCCOCCOCCOCCCCCCC. The van der Waals surface area contributed by atoms with E-state index in [0.717, 1.165) is 26.1 Å². The van der Waals surface area contributed by atoms with E-state index in [-0.39, 0.29) is 13.2 Å². The van der Waals surface area contributed by atoms with Crippen LogP contribution in [0.15, 0.2) is 0 Å². The molecule has 11 nitrogen and oxygen atoms in total. The van der Waals surface area contributed by atoms with E-state index in [9.17, 15) is 5.11 Å². The fraction of sp³-hybridized carbons (Fsp3) is 1.00. The molecule has 0 aromatic heterocycles. The van der Waals surface area contributed by atoms with Gasteiger partial charge >= 0.3 is 0 Å². The molecule has 266 valence electrons.